The van der Waals surface area contributed by atoms with Crippen LogP contribution in [0.2, 0.25) is 0 Å². The summed E-state index contributed by atoms with van der Waals surface area (Å²) in [4.78, 5) is 17.3. The number of carbonyl (C=O) groups is 1. The van der Waals surface area contributed by atoms with Crippen molar-refractivity contribution in [2.24, 2.45) is 5.92 Å². The van der Waals surface area contributed by atoms with Gasteiger partial charge >= 0.3 is 0 Å². The lowest BCUT2D eigenvalue weighted by atomic mass is 9.88. The van der Waals surface area contributed by atoms with Crippen molar-refractivity contribution in [3.05, 3.63) is 78.5 Å². The van der Waals surface area contributed by atoms with Crippen LogP contribution in [0.4, 0.5) is 16.0 Å². The zero-order chi connectivity index (χ0) is 19.7. The van der Waals surface area contributed by atoms with E-state index in [9.17, 15) is 9.18 Å². The Kier molecular flexibility index (Phi) is 4.52. The minimum atomic E-state index is -0.798. The van der Waals surface area contributed by atoms with Crippen LogP contribution in [-0.4, -0.2) is 27.8 Å². The number of ether oxygens (including phenoxy) is 1. The lowest BCUT2D eigenvalue weighted by Gasteiger charge is -2.33. The number of benzene rings is 2. The summed E-state index contributed by atoms with van der Waals surface area (Å²) >= 11 is 0. The summed E-state index contributed by atoms with van der Waals surface area (Å²) < 4.78 is 21.2. The number of methoxy groups -OCH3 is 1. The highest BCUT2D eigenvalue weighted by Gasteiger charge is 2.40. The molecule has 7 nitrogen and oxygen atoms in total. The van der Waals surface area contributed by atoms with Crippen LogP contribution in [0.1, 0.15) is 11.6 Å². The molecule has 2 unspecified atom stereocenters. The van der Waals surface area contributed by atoms with Crippen molar-refractivity contribution in [2.75, 3.05) is 17.7 Å². The third kappa shape index (κ3) is 3.09. The minimum absolute atomic E-state index is 0.336. The van der Waals surface area contributed by atoms with Crippen molar-refractivity contribution in [2.45, 2.75) is 6.04 Å². The SMILES string of the molecule is C=C1Nc2ncnn2C(c2ccccc2F)C1C(=O)Nc1ccc(OC)cc1. The second-order valence-electron chi connectivity index (χ2n) is 6.34. The van der Waals surface area contributed by atoms with E-state index in [0.29, 0.717) is 28.6 Å². The topological polar surface area (TPSA) is 81.1 Å². The first-order valence-corrected chi connectivity index (χ1v) is 8.63. The van der Waals surface area contributed by atoms with Crippen molar-refractivity contribution in [1.82, 2.24) is 14.8 Å². The van der Waals surface area contributed by atoms with E-state index in [0.717, 1.165) is 0 Å². The number of fused-ring (bicyclic) bond motifs is 1. The fourth-order valence-corrected chi connectivity index (χ4v) is 3.32. The van der Waals surface area contributed by atoms with Crippen LogP contribution < -0.4 is 15.4 Å². The number of aromatic nitrogens is 3. The van der Waals surface area contributed by atoms with Gasteiger partial charge in [-0.1, -0.05) is 24.8 Å². The maximum Gasteiger partial charge on any atom is 0.235 e. The van der Waals surface area contributed by atoms with Gasteiger partial charge in [-0.05, 0) is 30.3 Å². The zero-order valence-electron chi connectivity index (χ0n) is 15.1. The van der Waals surface area contributed by atoms with Gasteiger partial charge < -0.3 is 15.4 Å². The molecular weight excluding hydrogens is 361 g/mol. The van der Waals surface area contributed by atoms with Crippen LogP contribution in [-0.2, 0) is 4.79 Å². The molecule has 8 heteroatoms. The predicted octanol–water partition coefficient (Wildman–Crippen LogP) is 3.21. The third-order valence-electron chi connectivity index (χ3n) is 4.66. The third-order valence-corrected chi connectivity index (χ3v) is 4.66. The van der Waals surface area contributed by atoms with Gasteiger partial charge in [-0.25, -0.2) is 9.07 Å². The number of hydrogen-bond acceptors (Lipinski definition) is 5. The molecule has 2 heterocycles. The average Bonchev–Trinajstić information content (AvgIpc) is 3.16. The van der Waals surface area contributed by atoms with Crippen LogP contribution in [0, 0.1) is 11.7 Å². The molecule has 2 N–H and O–H groups in total. The van der Waals surface area contributed by atoms with E-state index in [-0.39, 0.29) is 5.91 Å². The Morgan fingerprint density at radius 3 is 2.71 bits per heavy atom. The summed E-state index contributed by atoms with van der Waals surface area (Å²) in [5.41, 5.74) is 1.35. The van der Waals surface area contributed by atoms with Crippen LogP contribution in [0.25, 0.3) is 0 Å². The average molecular weight is 379 g/mol. The molecular formula is C20H18FN5O2. The molecule has 3 aromatic rings. The number of nitrogens with zero attached hydrogens (tertiary/aromatic N) is 3. The van der Waals surface area contributed by atoms with Crippen molar-refractivity contribution in [3.8, 4) is 5.75 Å². The number of halogens is 1. The van der Waals surface area contributed by atoms with E-state index < -0.39 is 17.8 Å². The van der Waals surface area contributed by atoms with Crippen molar-refractivity contribution in [3.63, 3.8) is 0 Å². The molecule has 0 saturated carbocycles. The molecule has 2 atom stereocenters. The van der Waals surface area contributed by atoms with Crippen molar-refractivity contribution >= 4 is 17.5 Å². The first-order valence-electron chi connectivity index (χ1n) is 8.63. The van der Waals surface area contributed by atoms with Gasteiger partial charge in [-0.2, -0.15) is 10.1 Å². The van der Waals surface area contributed by atoms with Crippen LogP contribution in [0.3, 0.4) is 0 Å². The number of hydrogen-bond donors (Lipinski definition) is 2. The molecule has 0 spiro atoms. The number of carbonyl (C=O) groups excluding carboxylic acids is 1. The normalized spacial score (nSPS) is 18.1. The maximum absolute atomic E-state index is 14.6. The van der Waals surface area contributed by atoms with E-state index >= 15 is 0 Å². The lowest BCUT2D eigenvalue weighted by molar-refractivity contribution is -0.119. The molecule has 142 valence electrons. The molecule has 0 radical (unpaired) electrons. The molecule has 0 saturated heterocycles. The molecule has 0 bridgehead atoms. The van der Waals surface area contributed by atoms with Gasteiger partial charge in [0, 0.05) is 16.9 Å². The predicted molar refractivity (Wildman–Crippen MR) is 102 cm³/mol. The van der Waals surface area contributed by atoms with Crippen LogP contribution in [0.15, 0.2) is 67.1 Å². The van der Waals surface area contributed by atoms with Crippen LogP contribution in [0.5, 0.6) is 5.75 Å². The van der Waals surface area contributed by atoms with E-state index in [1.54, 1.807) is 49.6 Å². The van der Waals surface area contributed by atoms with Gasteiger partial charge in [0.1, 0.15) is 29.9 Å². The first-order chi connectivity index (χ1) is 13.6. The Morgan fingerprint density at radius 2 is 2.00 bits per heavy atom. The highest BCUT2D eigenvalue weighted by atomic mass is 19.1. The monoisotopic (exact) mass is 379 g/mol. The van der Waals surface area contributed by atoms with Crippen molar-refractivity contribution in [1.29, 1.82) is 0 Å². The standard InChI is InChI=1S/C20H18FN5O2/c1-12-17(19(27)25-13-7-9-14(28-2)10-8-13)18(15-5-3-4-6-16(15)21)26-20(24-12)22-11-23-26/h3-11,17-18H,1H2,2H3,(H,25,27)(H,22,23,24). The summed E-state index contributed by atoms with van der Waals surface area (Å²) in [7, 11) is 1.57. The molecule has 0 fully saturated rings. The number of anilines is 2. The Hall–Kier alpha value is -3.68. The molecule has 1 amide bonds. The summed E-state index contributed by atoms with van der Waals surface area (Å²) in [5, 5.41) is 10.0. The summed E-state index contributed by atoms with van der Waals surface area (Å²) in [6.07, 6.45) is 1.35. The summed E-state index contributed by atoms with van der Waals surface area (Å²) in [6, 6.07) is 12.5. The first kappa shape index (κ1) is 17.7. The maximum atomic E-state index is 14.6. The van der Waals surface area contributed by atoms with Crippen LogP contribution >= 0.6 is 0 Å². The molecule has 4 rings (SSSR count). The molecule has 1 aliphatic rings. The molecule has 1 aromatic heterocycles. The highest BCUT2D eigenvalue weighted by molar-refractivity contribution is 5.95. The molecule has 28 heavy (non-hydrogen) atoms. The van der Waals surface area contributed by atoms with Gasteiger partial charge in [0.05, 0.1) is 7.11 Å². The fraction of sp³-hybridized carbons (Fsp3) is 0.150. The zero-order valence-corrected chi connectivity index (χ0v) is 15.1. The molecule has 2 aromatic carbocycles. The Morgan fingerprint density at radius 1 is 1.25 bits per heavy atom. The van der Waals surface area contributed by atoms with E-state index in [1.165, 1.54) is 17.1 Å². The smallest absolute Gasteiger partial charge is 0.235 e. The van der Waals surface area contributed by atoms with Gasteiger partial charge in [-0.15, -0.1) is 0 Å². The van der Waals surface area contributed by atoms with Gasteiger partial charge in [0.25, 0.3) is 0 Å². The second kappa shape index (κ2) is 7.15. The summed E-state index contributed by atoms with van der Waals surface area (Å²) in [5.74, 6) is -0.471. The Bertz CT molecular complexity index is 1030. The van der Waals surface area contributed by atoms with Crippen molar-refractivity contribution < 1.29 is 13.9 Å². The fourth-order valence-electron chi connectivity index (χ4n) is 3.32. The largest absolute Gasteiger partial charge is 0.497 e. The number of amides is 1. The molecule has 1 aliphatic heterocycles. The number of rotatable bonds is 4. The second-order valence-corrected chi connectivity index (χ2v) is 6.34. The highest BCUT2D eigenvalue weighted by Crippen LogP contribution is 2.38. The lowest BCUT2D eigenvalue weighted by Crippen LogP contribution is -2.40. The van der Waals surface area contributed by atoms with E-state index in [1.807, 2.05) is 0 Å². The van der Waals surface area contributed by atoms with E-state index in [2.05, 4.69) is 27.3 Å². The number of nitrogens with one attached hydrogen (secondary N) is 2. The van der Waals surface area contributed by atoms with Gasteiger partial charge in [-0.3, -0.25) is 4.79 Å². The van der Waals surface area contributed by atoms with Gasteiger partial charge in [0.2, 0.25) is 11.9 Å². The molecule has 0 aliphatic carbocycles. The quantitative estimate of drug-likeness (QED) is 0.728. The Balaban J connectivity index is 1.71. The summed E-state index contributed by atoms with van der Waals surface area (Å²) in [6.45, 7) is 3.97. The minimum Gasteiger partial charge on any atom is -0.497 e. The van der Waals surface area contributed by atoms with E-state index in [4.69, 9.17) is 4.74 Å². The van der Waals surface area contributed by atoms with Gasteiger partial charge in [0.15, 0.2) is 0 Å². The Labute approximate surface area is 160 Å².